The Morgan fingerprint density at radius 1 is 1.36 bits per heavy atom. The Kier molecular flexibility index (Phi) is 8.10. The van der Waals surface area contributed by atoms with E-state index < -0.39 is 16.1 Å². The van der Waals surface area contributed by atoms with E-state index >= 15 is 0 Å². The van der Waals surface area contributed by atoms with Gasteiger partial charge in [-0.3, -0.25) is 4.79 Å². The van der Waals surface area contributed by atoms with Crippen LogP contribution in [-0.4, -0.2) is 65.1 Å². The zero-order chi connectivity index (χ0) is 17.7. The monoisotopic (exact) mass is 392 g/mol. The van der Waals surface area contributed by atoms with E-state index in [-0.39, 0.29) is 23.2 Å². The molecule has 0 unspecified atom stereocenters. The van der Waals surface area contributed by atoms with Gasteiger partial charge in [0.1, 0.15) is 6.10 Å². The third-order valence-corrected chi connectivity index (χ3v) is 5.43. The molecule has 1 heterocycles. The predicted octanol–water partition coefficient (Wildman–Crippen LogP) is 0.717. The van der Waals surface area contributed by atoms with E-state index in [9.17, 15) is 13.2 Å². The summed E-state index contributed by atoms with van der Waals surface area (Å²) in [5.74, 6) is -0.305. The highest BCUT2D eigenvalue weighted by atomic mass is 35.5. The summed E-state index contributed by atoms with van der Waals surface area (Å²) in [5, 5.41) is 8.97. The fraction of sp³-hybridized carbons (Fsp3) is 0.533. The van der Waals surface area contributed by atoms with Crippen molar-refractivity contribution in [3.8, 4) is 0 Å². The first-order valence-corrected chi connectivity index (χ1v) is 9.24. The lowest BCUT2D eigenvalue weighted by atomic mass is 10.2. The van der Waals surface area contributed by atoms with Gasteiger partial charge in [-0.15, -0.1) is 12.4 Å². The van der Waals surface area contributed by atoms with Crippen LogP contribution in [-0.2, 0) is 19.6 Å². The highest BCUT2D eigenvalue weighted by Gasteiger charge is 2.24. The molecule has 0 saturated carbocycles. The molecule has 1 fully saturated rings. The molecule has 1 atom stereocenters. The number of rotatable bonds is 6. The molecular formula is C15H25ClN4O4S. The third-order valence-electron chi connectivity index (χ3n) is 3.61. The minimum absolute atomic E-state index is 0. The van der Waals surface area contributed by atoms with E-state index in [0.717, 1.165) is 4.31 Å². The van der Waals surface area contributed by atoms with E-state index in [4.69, 9.17) is 4.74 Å². The van der Waals surface area contributed by atoms with Crippen molar-refractivity contribution in [3.05, 3.63) is 18.2 Å². The Bertz CT molecular complexity index is 691. The van der Waals surface area contributed by atoms with Crippen LogP contribution in [0.1, 0.15) is 6.92 Å². The average Bonchev–Trinajstić information content (AvgIpc) is 2.57. The molecule has 1 amide bonds. The number of nitrogens with one attached hydrogen (secondary N) is 3. The quantitative estimate of drug-likeness (QED) is 0.659. The van der Waals surface area contributed by atoms with Crippen molar-refractivity contribution < 1.29 is 17.9 Å². The Morgan fingerprint density at radius 3 is 2.64 bits per heavy atom. The summed E-state index contributed by atoms with van der Waals surface area (Å²) in [6.45, 7) is 4.17. The van der Waals surface area contributed by atoms with E-state index in [2.05, 4.69) is 16.0 Å². The van der Waals surface area contributed by atoms with Crippen LogP contribution in [0, 0.1) is 0 Å². The molecule has 10 heteroatoms. The first kappa shape index (κ1) is 21.7. The second-order valence-corrected chi connectivity index (χ2v) is 7.73. The Balaban J connectivity index is 0.00000312. The number of hydrogen-bond acceptors (Lipinski definition) is 6. The Morgan fingerprint density at radius 2 is 2.08 bits per heavy atom. The molecule has 1 aliphatic rings. The molecule has 8 nitrogen and oxygen atoms in total. The van der Waals surface area contributed by atoms with Crippen molar-refractivity contribution in [2.45, 2.75) is 17.9 Å². The van der Waals surface area contributed by atoms with Crippen molar-refractivity contribution in [2.75, 3.05) is 51.0 Å². The summed E-state index contributed by atoms with van der Waals surface area (Å²) in [6.07, 6.45) is -0.595. The molecule has 1 aromatic carbocycles. The maximum absolute atomic E-state index is 12.4. The molecule has 142 valence electrons. The zero-order valence-electron chi connectivity index (χ0n) is 14.5. The molecule has 0 spiro atoms. The number of morpholine rings is 1. The third kappa shape index (κ3) is 5.29. The van der Waals surface area contributed by atoms with Crippen LogP contribution in [0.15, 0.2) is 23.1 Å². The second kappa shape index (κ2) is 9.35. The number of amides is 1. The maximum Gasteiger partial charge on any atom is 0.254 e. The normalized spacial score (nSPS) is 17.7. The SMILES string of the molecule is CCNc1ccc(S(=O)(=O)N(C)C)cc1NC(=O)[C@H]1CNCCO1.Cl. The first-order valence-electron chi connectivity index (χ1n) is 7.80. The molecule has 0 aromatic heterocycles. The number of sulfonamides is 1. The van der Waals surface area contributed by atoms with E-state index in [1.54, 1.807) is 6.07 Å². The van der Waals surface area contributed by atoms with Crippen LogP contribution < -0.4 is 16.0 Å². The number of carbonyl (C=O) groups is 1. The van der Waals surface area contributed by atoms with Crippen LogP contribution in [0.2, 0.25) is 0 Å². The number of halogens is 1. The number of hydrogen-bond donors (Lipinski definition) is 3. The van der Waals surface area contributed by atoms with Crippen molar-refractivity contribution in [1.82, 2.24) is 9.62 Å². The highest BCUT2D eigenvalue weighted by molar-refractivity contribution is 7.89. The maximum atomic E-state index is 12.4. The Labute approximate surface area is 154 Å². The molecular weight excluding hydrogens is 368 g/mol. The van der Waals surface area contributed by atoms with Crippen LogP contribution in [0.25, 0.3) is 0 Å². The van der Waals surface area contributed by atoms with Crippen molar-refractivity contribution in [3.63, 3.8) is 0 Å². The average molecular weight is 393 g/mol. The summed E-state index contributed by atoms with van der Waals surface area (Å²) >= 11 is 0. The smallest absolute Gasteiger partial charge is 0.254 e. The van der Waals surface area contributed by atoms with Gasteiger partial charge in [0.2, 0.25) is 10.0 Å². The summed E-state index contributed by atoms with van der Waals surface area (Å²) < 4.78 is 31.2. The topological polar surface area (TPSA) is 99.8 Å². The number of benzene rings is 1. The minimum Gasteiger partial charge on any atom is -0.384 e. The van der Waals surface area contributed by atoms with Crippen LogP contribution in [0.4, 0.5) is 11.4 Å². The van der Waals surface area contributed by atoms with Gasteiger partial charge < -0.3 is 20.7 Å². The number of nitrogens with zero attached hydrogens (tertiary/aromatic N) is 1. The standard InChI is InChI=1S/C15H24N4O4S.ClH/c1-4-17-12-6-5-11(24(21,22)19(2)3)9-13(12)18-15(20)14-10-16-7-8-23-14;/h5-6,9,14,16-17H,4,7-8,10H2,1-3H3,(H,18,20);1H/t14-;/m1./s1. The second-order valence-electron chi connectivity index (χ2n) is 5.58. The van der Waals surface area contributed by atoms with Gasteiger partial charge in [0.25, 0.3) is 5.91 Å². The van der Waals surface area contributed by atoms with Gasteiger partial charge in [-0.05, 0) is 25.1 Å². The van der Waals surface area contributed by atoms with Gasteiger partial charge in [0, 0.05) is 33.7 Å². The number of anilines is 2. The van der Waals surface area contributed by atoms with E-state index in [1.165, 1.54) is 26.2 Å². The fourth-order valence-electron chi connectivity index (χ4n) is 2.29. The van der Waals surface area contributed by atoms with Gasteiger partial charge >= 0.3 is 0 Å². The minimum atomic E-state index is -3.58. The van der Waals surface area contributed by atoms with Crippen LogP contribution in [0.3, 0.4) is 0 Å². The van der Waals surface area contributed by atoms with Gasteiger partial charge in [-0.2, -0.15) is 0 Å². The van der Waals surface area contributed by atoms with Gasteiger partial charge in [-0.25, -0.2) is 12.7 Å². The Hall–Kier alpha value is -1.39. The summed E-state index contributed by atoms with van der Waals surface area (Å²) in [5.41, 5.74) is 1.08. The lowest BCUT2D eigenvalue weighted by molar-refractivity contribution is -0.128. The lowest BCUT2D eigenvalue weighted by Gasteiger charge is -2.23. The fourth-order valence-corrected chi connectivity index (χ4v) is 3.22. The molecule has 0 radical (unpaired) electrons. The van der Waals surface area contributed by atoms with Crippen molar-refractivity contribution >= 4 is 39.7 Å². The van der Waals surface area contributed by atoms with E-state index in [1.807, 2.05) is 6.92 Å². The number of ether oxygens (including phenoxy) is 1. The predicted molar refractivity (Wildman–Crippen MR) is 100.0 cm³/mol. The molecule has 1 aliphatic heterocycles. The molecule has 0 bridgehead atoms. The molecule has 1 aromatic rings. The lowest BCUT2D eigenvalue weighted by Crippen LogP contribution is -2.45. The van der Waals surface area contributed by atoms with E-state index in [0.29, 0.717) is 37.6 Å². The molecule has 3 N–H and O–H groups in total. The molecule has 2 rings (SSSR count). The molecule has 1 saturated heterocycles. The summed E-state index contributed by atoms with van der Waals surface area (Å²) in [6, 6.07) is 4.62. The van der Waals surface area contributed by atoms with Crippen molar-refractivity contribution in [2.24, 2.45) is 0 Å². The zero-order valence-corrected chi connectivity index (χ0v) is 16.2. The molecule has 0 aliphatic carbocycles. The largest absolute Gasteiger partial charge is 0.384 e. The van der Waals surface area contributed by atoms with Gasteiger partial charge in [-0.1, -0.05) is 0 Å². The highest BCUT2D eigenvalue weighted by Crippen LogP contribution is 2.27. The summed E-state index contributed by atoms with van der Waals surface area (Å²) in [4.78, 5) is 12.5. The van der Waals surface area contributed by atoms with Crippen molar-refractivity contribution in [1.29, 1.82) is 0 Å². The number of carbonyl (C=O) groups excluding carboxylic acids is 1. The molecule has 25 heavy (non-hydrogen) atoms. The van der Waals surface area contributed by atoms with Gasteiger partial charge in [0.05, 0.1) is 22.9 Å². The van der Waals surface area contributed by atoms with Crippen LogP contribution in [0.5, 0.6) is 0 Å². The van der Waals surface area contributed by atoms with Crippen LogP contribution >= 0.6 is 12.4 Å². The van der Waals surface area contributed by atoms with Gasteiger partial charge in [0.15, 0.2) is 0 Å². The summed E-state index contributed by atoms with van der Waals surface area (Å²) in [7, 11) is -0.650. The first-order chi connectivity index (χ1) is 11.4.